The Morgan fingerprint density at radius 1 is 1.10 bits per heavy atom. The lowest BCUT2D eigenvalue weighted by atomic mass is 10.3. The maximum atomic E-state index is 12.3. The molecule has 0 aliphatic rings. The Bertz CT molecular complexity index is 736. The standard InChI is InChI=1S/C11H16N2O5S2/c1-11(2,3)19(4,16)12-20(17,18)10-7-5-9(6-8-10)13(14)15/h5-8H,1-4H3/t19-/m0/s1. The van der Waals surface area contributed by atoms with E-state index < -0.39 is 29.4 Å². The van der Waals surface area contributed by atoms with Crippen LogP contribution in [0.5, 0.6) is 0 Å². The Hall–Kier alpha value is -1.48. The molecule has 0 amide bonds. The Morgan fingerprint density at radius 3 is 1.90 bits per heavy atom. The molecule has 0 spiro atoms. The number of hydrogen-bond acceptors (Lipinski definition) is 5. The quantitative estimate of drug-likeness (QED) is 0.626. The van der Waals surface area contributed by atoms with Crippen molar-refractivity contribution in [2.75, 3.05) is 6.26 Å². The minimum Gasteiger partial charge on any atom is -0.258 e. The predicted molar refractivity (Wildman–Crippen MR) is 76.5 cm³/mol. The molecular weight excluding hydrogens is 304 g/mol. The van der Waals surface area contributed by atoms with E-state index in [9.17, 15) is 22.7 Å². The predicted octanol–water partition coefficient (Wildman–Crippen LogP) is 2.18. The fraction of sp³-hybridized carbons (Fsp3) is 0.455. The average molecular weight is 320 g/mol. The summed E-state index contributed by atoms with van der Waals surface area (Å²) < 4.78 is 39.1. The summed E-state index contributed by atoms with van der Waals surface area (Å²) in [5.74, 6) is 0. The number of hydrogen-bond donors (Lipinski definition) is 0. The van der Waals surface area contributed by atoms with E-state index >= 15 is 0 Å². The molecule has 0 aliphatic carbocycles. The number of sulfonamides is 1. The van der Waals surface area contributed by atoms with Crippen molar-refractivity contribution in [3.05, 3.63) is 34.4 Å². The van der Waals surface area contributed by atoms with Crippen LogP contribution in [0.15, 0.2) is 32.9 Å². The van der Waals surface area contributed by atoms with Gasteiger partial charge in [-0.3, -0.25) is 10.1 Å². The van der Waals surface area contributed by atoms with Crippen LogP contribution >= 0.6 is 0 Å². The highest BCUT2D eigenvalue weighted by molar-refractivity contribution is 8.03. The van der Waals surface area contributed by atoms with E-state index in [-0.39, 0.29) is 10.6 Å². The van der Waals surface area contributed by atoms with Crippen LogP contribution in [-0.4, -0.2) is 28.6 Å². The molecule has 1 aromatic rings. The summed E-state index contributed by atoms with van der Waals surface area (Å²) in [6, 6.07) is 4.29. The minimum absolute atomic E-state index is 0.220. The normalized spacial score (nSPS) is 15.4. The zero-order valence-electron chi connectivity index (χ0n) is 11.6. The first-order chi connectivity index (χ1) is 8.87. The molecule has 1 aromatic carbocycles. The van der Waals surface area contributed by atoms with Crippen LogP contribution in [0.1, 0.15) is 20.8 Å². The summed E-state index contributed by atoms with van der Waals surface area (Å²) in [6.07, 6.45) is 1.27. The van der Waals surface area contributed by atoms with E-state index in [1.807, 2.05) is 0 Å². The number of nitro groups is 1. The van der Waals surface area contributed by atoms with Crippen molar-refractivity contribution in [1.29, 1.82) is 0 Å². The molecule has 0 saturated heterocycles. The highest BCUT2D eigenvalue weighted by Gasteiger charge is 2.26. The van der Waals surface area contributed by atoms with Crippen LogP contribution in [0.4, 0.5) is 5.69 Å². The Balaban J connectivity index is 3.36. The Labute approximate surface area is 118 Å². The maximum Gasteiger partial charge on any atom is 0.290 e. The van der Waals surface area contributed by atoms with Crippen molar-refractivity contribution in [2.24, 2.45) is 3.77 Å². The van der Waals surface area contributed by atoms with Crippen molar-refractivity contribution in [3.63, 3.8) is 0 Å². The number of nitro benzene ring substituents is 1. The molecule has 9 heteroatoms. The minimum atomic E-state index is -4.12. The number of nitrogens with zero attached hydrogens (tertiary/aromatic N) is 2. The molecule has 20 heavy (non-hydrogen) atoms. The molecule has 0 aliphatic heterocycles. The number of benzene rings is 1. The Kier molecular flexibility index (Phi) is 4.25. The third-order valence-electron chi connectivity index (χ3n) is 2.72. The van der Waals surface area contributed by atoms with Crippen molar-refractivity contribution in [1.82, 2.24) is 0 Å². The van der Waals surface area contributed by atoms with Crippen molar-refractivity contribution in [3.8, 4) is 0 Å². The lowest BCUT2D eigenvalue weighted by molar-refractivity contribution is -0.384. The van der Waals surface area contributed by atoms with Crippen LogP contribution in [0, 0.1) is 10.1 Å². The van der Waals surface area contributed by atoms with Gasteiger partial charge in [-0.15, -0.1) is 3.77 Å². The van der Waals surface area contributed by atoms with Gasteiger partial charge in [0.15, 0.2) is 0 Å². The fourth-order valence-corrected chi connectivity index (χ4v) is 4.30. The molecule has 0 fully saturated rings. The molecule has 7 nitrogen and oxygen atoms in total. The molecule has 0 bridgehead atoms. The molecule has 0 N–H and O–H groups in total. The zero-order valence-corrected chi connectivity index (χ0v) is 13.2. The first-order valence-corrected chi connectivity index (χ1v) is 8.96. The van der Waals surface area contributed by atoms with Crippen LogP contribution in [-0.2, 0) is 19.8 Å². The molecule has 1 rings (SSSR count). The third-order valence-corrected chi connectivity index (χ3v) is 7.79. The van der Waals surface area contributed by atoms with Crippen LogP contribution in [0.3, 0.4) is 0 Å². The van der Waals surface area contributed by atoms with Gasteiger partial charge in [0.1, 0.15) is 0 Å². The van der Waals surface area contributed by atoms with Gasteiger partial charge in [-0.25, -0.2) is 4.21 Å². The van der Waals surface area contributed by atoms with Gasteiger partial charge in [0.25, 0.3) is 15.7 Å². The summed E-state index contributed by atoms with van der Waals surface area (Å²) in [5, 5.41) is 10.5. The molecular formula is C11H16N2O5S2. The second-order valence-corrected chi connectivity index (χ2v) is 10.1. The summed E-state index contributed by atoms with van der Waals surface area (Å²) in [5.41, 5.74) is -0.225. The average Bonchev–Trinajstić information content (AvgIpc) is 2.26. The smallest absolute Gasteiger partial charge is 0.258 e. The van der Waals surface area contributed by atoms with Gasteiger partial charge in [-0.1, -0.05) is 0 Å². The van der Waals surface area contributed by atoms with E-state index in [1.54, 1.807) is 20.8 Å². The Morgan fingerprint density at radius 2 is 1.55 bits per heavy atom. The number of non-ortho nitro benzene ring substituents is 1. The number of rotatable bonds is 3. The molecule has 0 unspecified atom stereocenters. The van der Waals surface area contributed by atoms with Gasteiger partial charge in [-0.2, -0.15) is 8.42 Å². The van der Waals surface area contributed by atoms with Gasteiger partial charge in [0.2, 0.25) is 0 Å². The molecule has 0 saturated carbocycles. The van der Waals surface area contributed by atoms with Crippen LogP contribution in [0.25, 0.3) is 0 Å². The summed E-state index contributed by atoms with van der Waals surface area (Å²) in [4.78, 5) is 9.66. The van der Waals surface area contributed by atoms with E-state index in [4.69, 9.17) is 0 Å². The molecule has 0 radical (unpaired) electrons. The van der Waals surface area contributed by atoms with Crippen molar-refractivity contribution < 1.29 is 17.6 Å². The van der Waals surface area contributed by atoms with Gasteiger partial charge >= 0.3 is 0 Å². The molecule has 0 heterocycles. The van der Waals surface area contributed by atoms with Crippen molar-refractivity contribution in [2.45, 2.75) is 30.4 Å². The fourth-order valence-electron chi connectivity index (χ4n) is 1.08. The van der Waals surface area contributed by atoms with Crippen molar-refractivity contribution >= 4 is 25.4 Å². The lowest BCUT2D eigenvalue weighted by Crippen LogP contribution is -2.27. The maximum absolute atomic E-state index is 12.3. The van der Waals surface area contributed by atoms with E-state index in [0.29, 0.717) is 0 Å². The molecule has 0 aromatic heterocycles. The third kappa shape index (κ3) is 3.54. The second-order valence-electron chi connectivity index (χ2n) is 5.22. The van der Waals surface area contributed by atoms with Gasteiger partial charge in [0, 0.05) is 23.1 Å². The SMILES string of the molecule is CC(C)(C)[S@](C)(=O)=NS(=O)(=O)c1ccc([N+](=O)[O-])cc1. The highest BCUT2D eigenvalue weighted by Crippen LogP contribution is 2.23. The summed E-state index contributed by atoms with van der Waals surface area (Å²) in [6.45, 7) is 4.89. The van der Waals surface area contributed by atoms with Crippen LogP contribution in [0.2, 0.25) is 0 Å². The topological polar surface area (TPSA) is 107 Å². The largest absolute Gasteiger partial charge is 0.290 e. The zero-order chi connectivity index (χ0) is 15.8. The monoisotopic (exact) mass is 320 g/mol. The second kappa shape index (κ2) is 5.13. The molecule has 112 valence electrons. The van der Waals surface area contributed by atoms with Gasteiger partial charge in [0.05, 0.1) is 19.5 Å². The van der Waals surface area contributed by atoms with Gasteiger partial charge in [-0.05, 0) is 32.9 Å². The summed E-state index contributed by atoms with van der Waals surface area (Å²) in [7, 11) is -7.09. The highest BCUT2D eigenvalue weighted by atomic mass is 32.3. The van der Waals surface area contributed by atoms with E-state index in [1.165, 1.54) is 6.26 Å². The summed E-state index contributed by atoms with van der Waals surface area (Å²) >= 11 is 0. The van der Waals surface area contributed by atoms with Crippen LogP contribution < -0.4 is 0 Å². The first kappa shape index (κ1) is 16.6. The van der Waals surface area contributed by atoms with E-state index in [0.717, 1.165) is 24.3 Å². The lowest BCUT2D eigenvalue weighted by Gasteiger charge is -2.20. The first-order valence-electron chi connectivity index (χ1n) is 5.59. The van der Waals surface area contributed by atoms with Gasteiger partial charge < -0.3 is 0 Å². The van der Waals surface area contributed by atoms with E-state index in [2.05, 4.69) is 3.77 Å². The molecule has 1 atom stereocenters.